The molecule has 1 aromatic carbocycles. The SMILES string of the molecule is C=CC(CCCCCC)(Cc1ccccc1)C(C)(C)N. The molecular formula is C19H31N. The highest BCUT2D eigenvalue weighted by Crippen LogP contribution is 2.39. The van der Waals surface area contributed by atoms with Crippen molar-refractivity contribution < 1.29 is 0 Å². The first-order chi connectivity index (χ1) is 9.45. The van der Waals surface area contributed by atoms with Gasteiger partial charge in [-0.05, 0) is 32.3 Å². The normalized spacial score (nSPS) is 14.8. The van der Waals surface area contributed by atoms with Crippen molar-refractivity contribution in [1.29, 1.82) is 0 Å². The summed E-state index contributed by atoms with van der Waals surface area (Å²) in [6, 6.07) is 10.6. The second-order valence-corrected chi connectivity index (χ2v) is 6.55. The molecule has 1 atom stereocenters. The summed E-state index contributed by atoms with van der Waals surface area (Å²) in [7, 11) is 0. The molecule has 1 unspecified atom stereocenters. The molecule has 0 aromatic heterocycles. The van der Waals surface area contributed by atoms with E-state index < -0.39 is 0 Å². The highest BCUT2D eigenvalue weighted by atomic mass is 14.8. The Balaban J connectivity index is 2.86. The summed E-state index contributed by atoms with van der Waals surface area (Å²) in [6.07, 6.45) is 9.30. The third-order valence-corrected chi connectivity index (χ3v) is 4.51. The maximum Gasteiger partial charge on any atom is 0.0192 e. The summed E-state index contributed by atoms with van der Waals surface area (Å²) in [5, 5.41) is 0. The van der Waals surface area contributed by atoms with E-state index in [0.29, 0.717) is 0 Å². The van der Waals surface area contributed by atoms with E-state index >= 15 is 0 Å². The van der Waals surface area contributed by atoms with Gasteiger partial charge in [0.05, 0.1) is 0 Å². The first-order valence-corrected chi connectivity index (χ1v) is 7.91. The lowest BCUT2D eigenvalue weighted by Crippen LogP contribution is -2.51. The average Bonchev–Trinajstić information content (AvgIpc) is 2.42. The van der Waals surface area contributed by atoms with Gasteiger partial charge in [-0.25, -0.2) is 0 Å². The largest absolute Gasteiger partial charge is 0.325 e. The van der Waals surface area contributed by atoms with Crippen molar-refractivity contribution in [1.82, 2.24) is 0 Å². The molecule has 0 spiro atoms. The zero-order valence-electron chi connectivity index (χ0n) is 13.5. The second kappa shape index (κ2) is 7.64. The molecule has 1 nitrogen and oxygen atoms in total. The van der Waals surface area contributed by atoms with Gasteiger partial charge < -0.3 is 5.73 Å². The van der Waals surface area contributed by atoms with Crippen LogP contribution in [-0.4, -0.2) is 5.54 Å². The molecule has 0 aliphatic carbocycles. The minimum atomic E-state index is -0.253. The summed E-state index contributed by atoms with van der Waals surface area (Å²) in [5.74, 6) is 0. The molecule has 0 radical (unpaired) electrons. The van der Waals surface area contributed by atoms with Crippen LogP contribution in [0.2, 0.25) is 0 Å². The lowest BCUT2D eigenvalue weighted by atomic mass is 9.65. The summed E-state index contributed by atoms with van der Waals surface area (Å²) in [4.78, 5) is 0. The molecule has 2 N–H and O–H groups in total. The van der Waals surface area contributed by atoms with Gasteiger partial charge in [-0.3, -0.25) is 0 Å². The highest BCUT2D eigenvalue weighted by molar-refractivity contribution is 5.21. The highest BCUT2D eigenvalue weighted by Gasteiger charge is 2.39. The Morgan fingerprint density at radius 1 is 1.10 bits per heavy atom. The Bertz CT molecular complexity index is 388. The molecule has 112 valence electrons. The number of benzene rings is 1. The molecule has 1 rings (SSSR count). The minimum absolute atomic E-state index is 0.0257. The Labute approximate surface area is 125 Å². The van der Waals surface area contributed by atoms with Crippen molar-refractivity contribution in [3.05, 3.63) is 48.6 Å². The Morgan fingerprint density at radius 2 is 1.75 bits per heavy atom. The first-order valence-electron chi connectivity index (χ1n) is 7.91. The van der Waals surface area contributed by atoms with Crippen molar-refractivity contribution in [2.24, 2.45) is 11.1 Å². The van der Waals surface area contributed by atoms with Crippen molar-refractivity contribution in [2.75, 3.05) is 0 Å². The van der Waals surface area contributed by atoms with E-state index in [2.05, 4.69) is 63.8 Å². The Hall–Kier alpha value is -1.08. The van der Waals surface area contributed by atoms with Crippen molar-refractivity contribution in [3.8, 4) is 0 Å². The van der Waals surface area contributed by atoms with Crippen molar-refractivity contribution in [3.63, 3.8) is 0 Å². The number of hydrogen-bond donors (Lipinski definition) is 1. The van der Waals surface area contributed by atoms with Gasteiger partial charge in [-0.2, -0.15) is 0 Å². The predicted molar refractivity (Wildman–Crippen MR) is 89.8 cm³/mol. The van der Waals surface area contributed by atoms with Gasteiger partial charge in [-0.15, -0.1) is 6.58 Å². The second-order valence-electron chi connectivity index (χ2n) is 6.55. The van der Waals surface area contributed by atoms with Gasteiger partial charge in [0.15, 0.2) is 0 Å². The number of rotatable bonds is 9. The minimum Gasteiger partial charge on any atom is -0.325 e. The van der Waals surface area contributed by atoms with Crippen LogP contribution in [0.25, 0.3) is 0 Å². The van der Waals surface area contributed by atoms with Crippen LogP contribution in [0, 0.1) is 5.41 Å². The predicted octanol–water partition coefficient (Wildman–Crippen LogP) is 5.11. The standard InChI is InChI=1S/C19H31N/c1-5-7-8-12-15-19(6-2,18(3,4)20)16-17-13-10-9-11-14-17/h6,9-11,13-14H,2,5,7-8,12,15-16,20H2,1,3-4H3. The van der Waals surface area contributed by atoms with Gasteiger partial charge in [0, 0.05) is 11.0 Å². The topological polar surface area (TPSA) is 26.0 Å². The first kappa shape index (κ1) is 17.0. The molecule has 20 heavy (non-hydrogen) atoms. The van der Waals surface area contributed by atoms with E-state index in [1.807, 2.05) is 0 Å². The fourth-order valence-electron chi connectivity index (χ4n) is 2.90. The van der Waals surface area contributed by atoms with Gasteiger partial charge >= 0.3 is 0 Å². The number of nitrogens with two attached hydrogens (primary N) is 1. The number of hydrogen-bond acceptors (Lipinski definition) is 1. The molecule has 0 bridgehead atoms. The summed E-state index contributed by atoms with van der Waals surface area (Å²) in [6.45, 7) is 10.6. The van der Waals surface area contributed by atoms with Crippen LogP contribution in [-0.2, 0) is 6.42 Å². The van der Waals surface area contributed by atoms with Gasteiger partial charge in [0.1, 0.15) is 0 Å². The molecule has 0 aliphatic rings. The maximum atomic E-state index is 6.52. The fourth-order valence-corrected chi connectivity index (χ4v) is 2.90. The average molecular weight is 273 g/mol. The summed E-state index contributed by atoms with van der Waals surface area (Å²) in [5.41, 5.74) is 7.59. The number of unbranched alkanes of at least 4 members (excludes halogenated alkanes) is 3. The zero-order valence-corrected chi connectivity index (χ0v) is 13.5. The van der Waals surface area contributed by atoms with E-state index in [-0.39, 0.29) is 11.0 Å². The van der Waals surface area contributed by atoms with E-state index in [1.165, 1.54) is 31.2 Å². The molecule has 0 heterocycles. The van der Waals surface area contributed by atoms with Crippen LogP contribution in [0.1, 0.15) is 58.4 Å². The monoisotopic (exact) mass is 273 g/mol. The molecule has 0 fully saturated rings. The third-order valence-electron chi connectivity index (χ3n) is 4.51. The quantitative estimate of drug-likeness (QED) is 0.491. The molecule has 0 amide bonds. The smallest absolute Gasteiger partial charge is 0.0192 e. The van der Waals surface area contributed by atoms with Gasteiger partial charge in [-0.1, -0.05) is 69.0 Å². The van der Waals surface area contributed by atoms with Crippen molar-refractivity contribution in [2.45, 2.75) is 64.8 Å². The van der Waals surface area contributed by atoms with E-state index in [9.17, 15) is 0 Å². The molecule has 0 saturated carbocycles. The van der Waals surface area contributed by atoms with Crippen LogP contribution in [0.4, 0.5) is 0 Å². The molecule has 0 saturated heterocycles. The van der Waals surface area contributed by atoms with Gasteiger partial charge in [0.25, 0.3) is 0 Å². The van der Waals surface area contributed by atoms with Gasteiger partial charge in [0.2, 0.25) is 0 Å². The van der Waals surface area contributed by atoms with E-state index in [0.717, 1.165) is 12.8 Å². The lowest BCUT2D eigenvalue weighted by molar-refractivity contribution is 0.192. The van der Waals surface area contributed by atoms with Crippen LogP contribution in [0.3, 0.4) is 0 Å². The fraction of sp³-hybridized carbons (Fsp3) is 0.579. The molecule has 1 heteroatoms. The van der Waals surface area contributed by atoms with Crippen LogP contribution < -0.4 is 5.73 Å². The van der Waals surface area contributed by atoms with Crippen molar-refractivity contribution >= 4 is 0 Å². The summed E-state index contributed by atoms with van der Waals surface area (Å²) >= 11 is 0. The molecular weight excluding hydrogens is 242 g/mol. The van der Waals surface area contributed by atoms with Crippen LogP contribution in [0.5, 0.6) is 0 Å². The van der Waals surface area contributed by atoms with E-state index in [1.54, 1.807) is 0 Å². The van der Waals surface area contributed by atoms with Crippen LogP contribution in [0.15, 0.2) is 43.0 Å². The van der Waals surface area contributed by atoms with Crippen LogP contribution >= 0.6 is 0 Å². The maximum absolute atomic E-state index is 6.52. The molecule has 1 aromatic rings. The Kier molecular flexibility index (Phi) is 6.48. The zero-order chi connectivity index (χ0) is 15.1. The van der Waals surface area contributed by atoms with E-state index in [4.69, 9.17) is 5.73 Å². The molecule has 0 aliphatic heterocycles. The summed E-state index contributed by atoms with van der Waals surface area (Å²) < 4.78 is 0. The third kappa shape index (κ3) is 4.49. The lowest BCUT2D eigenvalue weighted by Gasteiger charge is -2.43. The Morgan fingerprint density at radius 3 is 2.25 bits per heavy atom.